The molecule has 1 fully saturated rings. The lowest BCUT2D eigenvalue weighted by atomic mass is 9.97. The number of alkyl carbamates (subject to hydrolysis) is 1. The first kappa shape index (κ1) is 22.1. The molecule has 1 saturated heterocycles. The molecule has 7 heteroatoms. The number of hydrogen-bond acceptors (Lipinski definition) is 4. The third-order valence-corrected chi connectivity index (χ3v) is 5.72. The van der Waals surface area contributed by atoms with E-state index >= 15 is 0 Å². The summed E-state index contributed by atoms with van der Waals surface area (Å²) in [7, 11) is 0. The quantitative estimate of drug-likeness (QED) is 0.611. The van der Waals surface area contributed by atoms with E-state index in [1.165, 1.54) is 12.1 Å². The number of carbonyl (C=O) groups excluding carboxylic acids is 1. The van der Waals surface area contributed by atoms with Crippen molar-refractivity contribution < 1.29 is 13.9 Å². The lowest BCUT2D eigenvalue weighted by Crippen LogP contribution is -2.41. The monoisotopic (exact) mass is 438 g/mol. The fourth-order valence-corrected chi connectivity index (χ4v) is 4.11. The molecule has 1 aromatic heterocycles. The minimum Gasteiger partial charge on any atom is -0.444 e. The number of nitrogens with zero attached hydrogens (tertiary/aromatic N) is 3. The van der Waals surface area contributed by atoms with Gasteiger partial charge in [-0.2, -0.15) is 0 Å². The van der Waals surface area contributed by atoms with Gasteiger partial charge in [-0.15, -0.1) is 0 Å². The number of rotatable bonds is 5. The van der Waals surface area contributed by atoms with Gasteiger partial charge in [-0.05, 0) is 69.4 Å². The number of fused-ring (bicyclic) bond motifs is 1. The highest BCUT2D eigenvalue weighted by molar-refractivity contribution is 5.79. The molecular weight excluding hydrogens is 407 g/mol. The number of anilines is 1. The number of aromatic nitrogens is 2. The number of piperidine rings is 1. The molecule has 1 amide bonds. The van der Waals surface area contributed by atoms with Crippen molar-refractivity contribution >= 4 is 23.1 Å². The van der Waals surface area contributed by atoms with Crippen LogP contribution in [0.4, 0.5) is 15.1 Å². The van der Waals surface area contributed by atoms with Gasteiger partial charge in [0.05, 0.1) is 17.6 Å². The van der Waals surface area contributed by atoms with Crippen LogP contribution in [0.2, 0.25) is 0 Å². The van der Waals surface area contributed by atoms with E-state index in [0.717, 1.165) is 48.5 Å². The third kappa shape index (κ3) is 5.39. The van der Waals surface area contributed by atoms with Crippen LogP contribution in [-0.4, -0.2) is 40.9 Å². The fourth-order valence-electron chi connectivity index (χ4n) is 4.11. The lowest BCUT2D eigenvalue weighted by Gasteiger charge is -2.33. The van der Waals surface area contributed by atoms with Crippen molar-refractivity contribution in [2.24, 2.45) is 5.92 Å². The predicted molar refractivity (Wildman–Crippen MR) is 124 cm³/mol. The number of ether oxygens (including phenoxy) is 1. The van der Waals surface area contributed by atoms with E-state index < -0.39 is 5.60 Å². The molecule has 170 valence electrons. The predicted octanol–water partition coefficient (Wildman–Crippen LogP) is 4.96. The van der Waals surface area contributed by atoms with Crippen LogP contribution < -0.4 is 10.2 Å². The summed E-state index contributed by atoms with van der Waals surface area (Å²) in [4.78, 5) is 19.2. The highest BCUT2D eigenvalue weighted by Gasteiger charge is 2.25. The summed E-state index contributed by atoms with van der Waals surface area (Å²) in [5, 5.41) is 2.90. The zero-order chi connectivity index (χ0) is 22.7. The van der Waals surface area contributed by atoms with Gasteiger partial charge in [0.15, 0.2) is 0 Å². The van der Waals surface area contributed by atoms with Gasteiger partial charge in [0.25, 0.3) is 0 Å². The fraction of sp³-hybridized carbons (Fsp3) is 0.440. The Bertz CT molecular complexity index is 1060. The number of halogens is 1. The molecule has 0 saturated carbocycles. The molecule has 4 rings (SSSR count). The van der Waals surface area contributed by atoms with Crippen LogP contribution >= 0.6 is 0 Å². The van der Waals surface area contributed by atoms with Gasteiger partial charge in [-0.25, -0.2) is 14.2 Å². The summed E-state index contributed by atoms with van der Waals surface area (Å²) >= 11 is 0. The standard InChI is InChI=1S/C25H31FN4O2/c1-25(2,3)32-24(31)27-16-18-12-14-29(15-13-18)23-28-21-6-4-5-7-22(21)30(23)17-19-8-10-20(26)11-9-19/h4-11,18H,12-17H2,1-3H3,(H,27,31). The summed E-state index contributed by atoms with van der Waals surface area (Å²) in [6.07, 6.45) is 1.58. The maximum absolute atomic E-state index is 13.4. The average molecular weight is 439 g/mol. The highest BCUT2D eigenvalue weighted by Crippen LogP contribution is 2.28. The van der Waals surface area contributed by atoms with Crippen molar-refractivity contribution in [2.75, 3.05) is 24.5 Å². The van der Waals surface area contributed by atoms with E-state index in [4.69, 9.17) is 9.72 Å². The third-order valence-electron chi connectivity index (χ3n) is 5.72. The Morgan fingerprint density at radius 3 is 2.50 bits per heavy atom. The van der Waals surface area contributed by atoms with Gasteiger partial charge < -0.3 is 19.5 Å². The zero-order valence-electron chi connectivity index (χ0n) is 19.0. The van der Waals surface area contributed by atoms with E-state index in [0.29, 0.717) is 19.0 Å². The number of benzene rings is 2. The van der Waals surface area contributed by atoms with Crippen LogP contribution in [0.1, 0.15) is 39.2 Å². The second-order valence-corrected chi connectivity index (χ2v) is 9.43. The Morgan fingerprint density at radius 2 is 1.81 bits per heavy atom. The van der Waals surface area contributed by atoms with Crippen LogP contribution in [0.25, 0.3) is 11.0 Å². The van der Waals surface area contributed by atoms with E-state index in [1.54, 1.807) is 0 Å². The van der Waals surface area contributed by atoms with E-state index in [9.17, 15) is 9.18 Å². The van der Waals surface area contributed by atoms with Crippen LogP contribution in [0.15, 0.2) is 48.5 Å². The number of imidazole rings is 1. The van der Waals surface area contributed by atoms with Crippen molar-refractivity contribution in [1.29, 1.82) is 0 Å². The number of carbonyl (C=O) groups is 1. The molecule has 3 aromatic rings. The molecule has 0 aliphatic carbocycles. The second-order valence-electron chi connectivity index (χ2n) is 9.43. The largest absolute Gasteiger partial charge is 0.444 e. The molecule has 0 radical (unpaired) electrons. The molecule has 1 N–H and O–H groups in total. The summed E-state index contributed by atoms with van der Waals surface area (Å²) in [5.41, 5.74) is 2.57. The van der Waals surface area contributed by atoms with Crippen LogP contribution in [0.5, 0.6) is 0 Å². The van der Waals surface area contributed by atoms with Crippen LogP contribution in [0.3, 0.4) is 0 Å². The summed E-state index contributed by atoms with van der Waals surface area (Å²) in [5.74, 6) is 1.12. The Hall–Kier alpha value is -3.09. The maximum atomic E-state index is 13.4. The number of para-hydroxylation sites is 2. The molecule has 2 heterocycles. The highest BCUT2D eigenvalue weighted by atomic mass is 19.1. The van der Waals surface area contributed by atoms with Gasteiger partial charge in [0, 0.05) is 19.6 Å². The molecule has 0 bridgehead atoms. The van der Waals surface area contributed by atoms with Crippen LogP contribution in [-0.2, 0) is 11.3 Å². The van der Waals surface area contributed by atoms with Gasteiger partial charge in [-0.1, -0.05) is 24.3 Å². The van der Waals surface area contributed by atoms with Crippen molar-refractivity contribution in [2.45, 2.75) is 45.8 Å². The Morgan fingerprint density at radius 1 is 1.12 bits per heavy atom. The van der Waals surface area contributed by atoms with Gasteiger partial charge in [0.2, 0.25) is 5.95 Å². The van der Waals surface area contributed by atoms with E-state index in [-0.39, 0.29) is 11.9 Å². The average Bonchev–Trinajstić information content (AvgIpc) is 3.11. The van der Waals surface area contributed by atoms with Gasteiger partial charge in [0.1, 0.15) is 11.4 Å². The minimum atomic E-state index is -0.489. The molecule has 1 aliphatic heterocycles. The molecule has 0 unspecified atom stereocenters. The van der Waals surface area contributed by atoms with Crippen molar-refractivity contribution in [1.82, 2.24) is 14.9 Å². The first-order valence-corrected chi connectivity index (χ1v) is 11.2. The topological polar surface area (TPSA) is 59.4 Å². The van der Waals surface area contributed by atoms with Crippen molar-refractivity contribution in [3.05, 3.63) is 59.9 Å². The smallest absolute Gasteiger partial charge is 0.407 e. The second kappa shape index (κ2) is 9.18. The van der Waals surface area contributed by atoms with E-state index in [2.05, 4.69) is 20.9 Å². The molecule has 6 nitrogen and oxygen atoms in total. The molecule has 1 aliphatic rings. The zero-order valence-corrected chi connectivity index (χ0v) is 19.0. The summed E-state index contributed by atoms with van der Waals surface area (Å²) < 4.78 is 20.9. The Labute approximate surface area is 188 Å². The van der Waals surface area contributed by atoms with Crippen molar-refractivity contribution in [3.8, 4) is 0 Å². The molecular formula is C25H31FN4O2. The number of hydrogen-bond donors (Lipinski definition) is 1. The first-order chi connectivity index (χ1) is 15.3. The number of nitrogens with one attached hydrogen (secondary N) is 1. The minimum absolute atomic E-state index is 0.230. The SMILES string of the molecule is CC(C)(C)OC(=O)NCC1CCN(c2nc3ccccc3n2Cc2ccc(F)cc2)CC1. The molecule has 0 spiro atoms. The summed E-state index contributed by atoms with van der Waals surface area (Å²) in [6.45, 7) is 8.58. The lowest BCUT2D eigenvalue weighted by molar-refractivity contribution is 0.0516. The van der Waals surface area contributed by atoms with Gasteiger partial charge in [-0.3, -0.25) is 0 Å². The van der Waals surface area contributed by atoms with E-state index in [1.807, 2.05) is 51.1 Å². The van der Waals surface area contributed by atoms with Gasteiger partial charge >= 0.3 is 6.09 Å². The normalized spacial score (nSPS) is 15.2. The maximum Gasteiger partial charge on any atom is 0.407 e. The molecule has 32 heavy (non-hydrogen) atoms. The first-order valence-electron chi connectivity index (χ1n) is 11.2. The Kier molecular flexibility index (Phi) is 6.35. The number of amides is 1. The molecule has 0 atom stereocenters. The Balaban J connectivity index is 1.44. The summed E-state index contributed by atoms with van der Waals surface area (Å²) in [6, 6.07) is 14.8. The van der Waals surface area contributed by atoms with Crippen LogP contribution in [0, 0.1) is 11.7 Å². The van der Waals surface area contributed by atoms with Crippen molar-refractivity contribution in [3.63, 3.8) is 0 Å². The molecule has 2 aromatic carbocycles.